The van der Waals surface area contributed by atoms with Crippen molar-refractivity contribution in [3.63, 3.8) is 0 Å². The number of benzene rings is 1. The molecule has 1 aromatic carbocycles. The van der Waals surface area contributed by atoms with Crippen molar-refractivity contribution in [3.05, 3.63) is 23.5 Å². The van der Waals surface area contributed by atoms with Crippen LogP contribution < -0.4 is 5.32 Å². The number of nitrogens with one attached hydrogen (secondary N) is 1. The number of aromatic hydroxyl groups is 1. The first-order valence-corrected chi connectivity index (χ1v) is 8.51. The minimum atomic E-state index is -3.96. The van der Waals surface area contributed by atoms with Crippen LogP contribution >= 0.6 is 0 Å². The average molecular weight is 338 g/mol. The molecule has 0 heterocycles. The Morgan fingerprint density at radius 2 is 1.70 bits per heavy atom. The van der Waals surface area contributed by atoms with E-state index in [4.69, 9.17) is 6.57 Å². The fourth-order valence-corrected chi connectivity index (χ4v) is 3.00. The summed E-state index contributed by atoms with van der Waals surface area (Å²) in [6, 6.07) is 2.61. The number of phenolic OH excluding ortho intramolecular Hbond substituents is 1. The lowest BCUT2D eigenvalue weighted by molar-refractivity contribution is -0.123. The van der Waals surface area contributed by atoms with Crippen LogP contribution in [0.4, 0.5) is 11.4 Å². The number of anilines is 1. The van der Waals surface area contributed by atoms with Gasteiger partial charge in [-0.3, -0.25) is 4.79 Å². The minimum absolute atomic E-state index is 0.0276. The standard InChI is InChI=1S/C16H22N2O4S/c1-15(2,3)14(20)18-10-8-9-11(17-7)13(12(10)19)23(21,22)16(4,5)6/h8-9,19H,1-6H3,(H,18,20). The number of phenols is 1. The van der Waals surface area contributed by atoms with Crippen molar-refractivity contribution in [2.24, 2.45) is 5.41 Å². The van der Waals surface area contributed by atoms with Crippen LogP contribution in [0.1, 0.15) is 41.5 Å². The van der Waals surface area contributed by atoms with Crippen molar-refractivity contribution < 1.29 is 18.3 Å². The topological polar surface area (TPSA) is 87.8 Å². The number of sulfone groups is 1. The number of nitrogens with zero attached hydrogens (tertiary/aromatic N) is 1. The highest BCUT2D eigenvalue weighted by Gasteiger charge is 2.36. The second kappa shape index (κ2) is 5.85. The molecule has 0 aliphatic rings. The van der Waals surface area contributed by atoms with E-state index in [1.54, 1.807) is 20.8 Å². The van der Waals surface area contributed by atoms with Crippen LogP contribution in [0.5, 0.6) is 5.75 Å². The van der Waals surface area contributed by atoms with Crippen LogP contribution in [0.2, 0.25) is 0 Å². The normalized spacial score (nSPS) is 12.6. The number of hydrogen-bond donors (Lipinski definition) is 2. The van der Waals surface area contributed by atoms with E-state index in [1.807, 2.05) is 0 Å². The highest BCUT2D eigenvalue weighted by Crippen LogP contribution is 2.43. The second-order valence-corrected chi connectivity index (χ2v) is 9.88. The lowest BCUT2D eigenvalue weighted by atomic mass is 9.95. The lowest BCUT2D eigenvalue weighted by Gasteiger charge is -2.23. The summed E-state index contributed by atoms with van der Waals surface area (Å²) in [7, 11) is -3.96. The van der Waals surface area contributed by atoms with Gasteiger partial charge in [-0.1, -0.05) is 26.8 Å². The van der Waals surface area contributed by atoms with Crippen LogP contribution in [-0.4, -0.2) is 24.2 Å². The summed E-state index contributed by atoms with van der Waals surface area (Å²) in [5.74, 6) is -0.978. The molecule has 0 bridgehead atoms. The van der Waals surface area contributed by atoms with E-state index in [0.717, 1.165) is 0 Å². The predicted octanol–water partition coefficient (Wildman–Crippen LogP) is 3.50. The first-order valence-electron chi connectivity index (χ1n) is 7.03. The number of rotatable bonds is 2. The van der Waals surface area contributed by atoms with Crippen molar-refractivity contribution in [1.82, 2.24) is 0 Å². The SMILES string of the molecule is [C-]#[N+]c1ccc(NC(=O)C(C)(C)C)c(O)c1S(=O)(=O)C(C)(C)C. The van der Waals surface area contributed by atoms with E-state index in [1.165, 1.54) is 32.9 Å². The first kappa shape index (κ1) is 19.0. The van der Waals surface area contributed by atoms with E-state index < -0.39 is 30.6 Å². The highest BCUT2D eigenvalue weighted by molar-refractivity contribution is 7.93. The van der Waals surface area contributed by atoms with Crippen LogP contribution in [0, 0.1) is 12.0 Å². The van der Waals surface area contributed by atoms with Gasteiger partial charge >= 0.3 is 0 Å². The molecule has 0 saturated heterocycles. The Balaban J connectivity index is 3.58. The Hall–Kier alpha value is -2.07. The van der Waals surface area contributed by atoms with Crippen molar-refractivity contribution in [2.75, 3.05) is 5.32 Å². The third kappa shape index (κ3) is 3.64. The van der Waals surface area contributed by atoms with Gasteiger partial charge in [0.1, 0.15) is 10.6 Å². The maximum absolute atomic E-state index is 12.7. The largest absolute Gasteiger partial charge is 0.506 e. The molecule has 0 aliphatic carbocycles. The van der Waals surface area contributed by atoms with Crippen LogP contribution in [0.15, 0.2) is 17.0 Å². The first-order chi connectivity index (χ1) is 10.2. The van der Waals surface area contributed by atoms with Crippen molar-refractivity contribution in [1.29, 1.82) is 0 Å². The molecule has 1 aromatic rings. The molecule has 0 fully saturated rings. The summed E-state index contributed by atoms with van der Waals surface area (Å²) in [6.07, 6.45) is 0. The second-order valence-electron chi connectivity index (χ2n) is 7.24. The molecule has 0 atom stereocenters. The lowest BCUT2D eigenvalue weighted by Crippen LogP contribution is -2.29. The Kier molecular flexibility index (Phi) is 4.83. The summed E-state index contributed by atoms with van der Waals surface area (Å²) >= 11 is 0. The predicted molar refractivity (Wildman–Crippen MR) is 89.4 cm³/mol. The minimum Gasteiger partial charge on any atom is -0.506 e. The molecule has 23 heavy (non-hydrogen) atoms. The smallest absolute Gasteiger partial charge is 0.229 e. The molecule has 1 amide bonds. The third-order valence-corrected chi connectivity index (χ3v) is 5.79. The van der Waals surface area contributed by atoms with Crippen LogP contribution in [0.3, 0.4) is 0 Å². The zero-order valence-corrected chi connectivity index (χ0v) is 15.0. The summed E-state index contributed by atoms with van der Waals surface area (Å²) in [6.45, 7) is 16.7. The highest BCUT2D eigenvalue weighted by atomic mass is 32.2. The molecule has 0 saturated carbocycles. The summed E-state index contributed by atoms with van der Waals surface area (Å²) in [5, 5.41) is 12.9. The fourth-order valence-electron chi connectivity index (χ4n) is 1.63. The van der Waals surface area contributed by atoms with Crippen LogP contribution in [-0.2, 0) is 14.6 Å². The molecule has 0 radical (unpaired) electrons. The number of hydrogen-bond acceptors (Lipinski definition) is 4. The summed E-state index contributed by atoms with van der Waals surface area (Å²) < 4.78 is 24.1. The fraction of sp³-hybridized carbons (Fsp3) is 0.500. The van der Waals surface area contributed by atoms with Crippen LogP contribution in [0.25, 0.3) is 4.85 Å². The molecular weight excluding hydrogens is 316 g/mol. The molecule has 1 rings (SSSR count). The van der Waals surface area contributed by atoms with Crippen molar-refractivity contribution in [3.8, 4) is 5.75 Å². The molecule has 0 aliphatic heterocycles. The quantitative estimate of drug-likeness (QED) is 0.638. The summed E-state index contributed by atoms with van der Waals surface area (Å²) in [5.41, 5.74) is -0.917. The van der Waals surface area contributed by atoms with Gasteiger partial charge in [0.15, 0.2) is 9.84 Å². The van der Waals surface area contributed by atoms with Gasteiger partial charge in [0.25, 0.3) is 0 Å². The molecule has 0 aromatic heterocycles. The van der Waals surface area contributed by atoms with Gasteiger partial charge in [-0.25, -0.2) is 13.3 Å². The molecule has 126 valence electrons. The van der Waals surface area contributed by atoms with Gasteiger partial charge < -0.3 is 10.4 Å². The van der Waals surface area contributed by atoms with Gasteiger partial charge in [-0.2, -0.15) is 0 Å². The molecular formula is C16H22N2O4S. The molecule has 7 heteroatoms. The zero-order chi connectivity index (χ0) is 18.2. The Morgan fingerprint density at radius 3 is 2.09 bits per heavy atom. The van der Waals surface area contributed by atoms with Gasteiger partial charge in [0, 0.05) is 5.41 Å². The van der Waals surface area contributed by atoms with E-state index in [-0.39, 0.29) is 17.3 Å². The average Bonchev–Trinajstić information content (AvgIpc) is 2.37. The van der Waals surface area contributed by atoms with Gasteiger partial charge in [0.05, 0.1) is 17.0 Å². The Bertz CT molecular complexity index is 776. The van der Waals surface area contributed by atoms with Gasteiger partial charge in [-0.15, -0.1) is 0 Å². The van der Waals surface area contributed by atoms with Gasteiger partial charge in [-0.05, 0) is 26.8 Å². The third-order valence-electron chi connectivity index (χ3n) is 3.24. The van der Waals surface area contributed by atoms with E-state index in [0.29, 0.717) is 0 Å². The Labute approximate surface area is 137 Å². The number of amides is 1. The number of carbonyl (C=O) groups is 1. The number of carbonyl (C=O) groups excluding carboxylic acids is 1. The molecule has 0 unspecified atom stereocenters. The summed E-state index contributed by atoms with van der Waals surface area (Å²) in [4.78, 5) is 14.8. The van der Waals surface area contributed by atoms with E-state index in [9.17, 15) is 18.3 Å². The van der Waals surface area contributed by atoms with Gasteiger partial charge in [0.2, 0.25) is 11.6 Å². The van der Waals surface area contributed by atoms with E-state index in [2.05, 4.69) is 10.2 Å². The maximum Gasteiger partial charge on any atom is 0.229 e. The molecule has 2 N–H and O–H groups in total. The molecule has 0 spiro atoms. The maximum atomic E-state index is 12.7. The van der Waals surface area contributed by atoms with Crippen molar-refractivity contribution >= 4 is 27.1 Å². The Morgan fingerprint density at radius 1 is 1.17 bits per heavy atom. The van der Waals surface area contributed by atoms with Crippen molar-refractivity contribution in [2.45, 2.75) is 51.2 Å². The monoisotopic (exact) mass is 338 g/mol. The zero-order valence-electron chi connectivity index (χ0n) is 14.2. The van der Waals surface area contributed by atoms with E-state index >= 15 is 0 Å². The molecule has 6 nitrogen and oxygen atoms in total.